The molecule has 0 spiro atoms. The predicted octanol–water partition coefficient (Wildman–Crippen LogP) is 7.38. The summed E-state index contributed by atoms with van der Waals surface area (Å²) in [5, 5.41) is 10.0. The van der Waals surface area contributed by atoms with Gasteiger partial charge in [-0.05, 0) is 61.7 Å². The van der Waals surface area contributed by atoms with E-state index >= 15 is 0 Å². The van der Waals surface area contributed by atoms with Crippen LogP contribution in [0.5, 0.6) is 5.75 Å². The number of hydrogen-bond acceptors (Lipinski definition) is 5. The first kappa shape index (κ1) is 33.8. The molecule has 0 aliphatic rings. The van der Waals surface area contributed by atoms with E-state index in [1.165, 1.54) is 44.2 Å². The summed E-state index contributed by atoms with van der Waals surface area (Å²) in [4.78, 5) is 1.93. The minimum atomic E-state index is -4.59. The van der Waals surface area contributed by atoms with Crippen LogP contribution < -0.4 is 4.74 Å². The maximum atomic E-state index is 13.5. The fourth-order valence-corrected chi connectivity index (χ4v) is 6.15. The van der Waals surface area contributed by atoms with Crippen molar-refractivity contribution < 1.29 is 35.8 Å². The van der Waals surface area contributed by atoms with Gasteiger partial charge in [0.1, 0.15) is 11.6 Å². The molecule has 0 saturated carbocycles. The molecule has 0 unspecified atom stereocenters. The van der Waals surface area contributed by atoms with Crippen molar-refractivity contribution in [3.63, 3.8) is 0 Å². The van der Waals surface area contributed by atoms with Gasteiger partial charge < -0.3 is 9.84 Å². The molecule has 0 atom stereocenters. The van der Waals surface area contributed by atoms with E-state index in [-0.39, 0.29) is 34.5 Å². The molecule has 3 aromatic rings. The lowest BCUT2D eigenvalue weighted by Crippen LogP contribution is -2.38. The van der Waals surface area contributed by atoms with Crippen LogP contribution in [0.3, 0.4) is 0 Å². The summed E-state index contributed by atoms with van der Waals surface area (Å²) < 4.78 is 84.6. The Kier molecular flexibility index (Phi) is 10.4. The van der Waals surface area contributed by atoms with E-state index in [4.69, 9.17) is 16.3 Å². The van der Waals surface area contributed by atoms with Gasteiger partial charge in [-0.15, -0.1) is 0 Å². The molecule has 0 radical (unpaired) electrons. The molecule has 3 rings (SSSR count). The van der Waals surface area contributed by atoms with Crippen LogP contribution in [0.1, 0.15) is 56.4 Å². The third-order valence-corrected chi connectivity index (χ3v) is 8.50. The largest absolute Gasteiger partial charge is 0.494 e. The van der Waals surface area contributed by atoms with Gasteiger partial charge in [0.05, 0.1) is 27.7 Å². The smallest absolute Gasteiger partial charge is 0.417 e. The molecule has 3 aromatic carbocycles. The predicted molar refractivity (Wildman–Crippen MR) is 156 cm³/mol. The second kappa shape index (κ2) is 12.9. The zero-order valence-electron chi connectivity index (χ0n) is 24.2. The minimum Gasteiger partial charge on any atom is -0.494 e. The average Bonchev–Trinajstić information content (AvgIpc) is 2.86. The van der Waals surface area contributed by atoms with E-state index in [1.54, 1.807) is 24.3 Å². The van der Waals surface area contributed by atoms with Crippen molar-refractivity contribution >= 4 is 21.4 Å². The minimum absolute atomic E-state index is 0.0330. The van der Waals surface area contributed by atoms with E-state index in [0.717, 1.165) is 17.9 Å². The Labute approximate surface area is 250 Å². The summed E-state index contributed by atoms with van der Waals surface area (Å²) in [6.07, 6.45) is -3.08. The van der Waals surface area contributed by atoms with Gasteiger partial charge in [0.25, 0.3) is 0 Å². The Bertz CT molecular complexity index is 1480. The quantitative estimate of drug-likeness (QED) is 0.167. The molecule has 11 heteroatoms. The number of hydrogen-bond donors (Lipinski definition) is 1. The molecule has 0 fully saturated rings. The summed E-state index contributed by atoms with van der Waals surface area (Å²) in [7, 11) is -3.65. The highest BCUT2D eigenvalue weighted by Crippen LogP contribution is 2.37. The number of sulfone groups is 1. The van der Waals surface area contributed by atoms with E-state index in [0.29, 0.717) is 30.8 Å². The molecule has 0 aliphatic heterocycles. The molecule has 0 amide bonds. The Hall–Kier alpha value is -2.66. The van der Waals surface area contributed by atoms with Crippen LogP contribution >= 0.6 is 11.6 Å². The molecule has 0 saturated heterocycles. The van der Waals surface area contributed by atoms with Crippen molar-refractivity contribution in [3.8, 4) is 5.75 Å². The molecular formula is C31H36ClF4NO4S. The van der Waals surface area contributed by atoms with Crippen LogP contribution in [-0.2, 0) is 33.6 Å². The van der Waals surface area contributed by atoms with Gasteiger partial charge in [-0.25, -0.2) is 12.8 Å². The Balaban J connectivity index is 1.80. The number of halogens is 5. The lowest BCUT2D eigenvalue weighted by Gasteiger charge is -2.34. The Morgan fingerprint density at radius 1 is 0.952 bits per heavy atom. The molecule has 0 aromatic heterocycles. The number of nitrogens with zero attached hydrogens (tertiary/aromatic N) is 1. The maximum absolute atomic E-state index is 13.5. The zero-order valence-corrected chi connectivity index (χ0v) is 25.8. The van der Waals surface area contributed by atoms with Gasteiger partial charge >= 0.3 is 6.18 Å². The highest BCUT2D eigenvalue weighted by molar-refractivity contribution is 7.90. The highest BCUT2D eigenvalue weighted by atomic mass is 35.5. The average molecular weight is 630 g/mol. The highest BCUT2D eigenvalue weighted by Gasteiger charge is 2.34. The van der Waals surface area contributed by atoms with Crippen LogP contribution in [0.15, 0.2) is 65.6 Å². The maximum Gasteiger partial charge on any atom is 0.417 e. The monoisotopic (exact) mass is 629 g/mol. The van der Waals surface area contributed by atoms with Crippen LogP contribution in [0, 0.1) is 5.82 Å². The third kappa shape index (κ3) is 8.92. The second-order valence-electron chi connectivity index (χ2n) is 11.6. The van der Waals surface area contributed by atoms with Crippen LogP contribution in [0.25, 0.3) is 0 Å². The fourth-order valence-electron chi connectivity index (χ4n) is 4.81. The molecule has 0 aliphatic carbocycles. The van der Waals surface area contributed by atoms with E-state index in [1.807, 2.05) is 18.7 Å². The van der Waals surface area contributed by atoms with Crippen molar-refractivity contribution in [2.24, 2.45) is 0 Å². The Morgan fingerprint density at radius 2 is 1.60 bits per heavy atom. The standard InChI is InChI=1S/C31H36ClF4NO4S/c1-29(2,22-10-12-23(33)13-11-22)20-37(19-21-8-6-9-26(28(21)32)31(34,35)36)16-7-17-41-24-14-15-25(30(3,4)38)27(18-24)42(5,39)40/h6,8-15,18,38H,7,16-17,19-20H2,1-5H3. The molecule has 1 N–H and O–H groups in total. The molecular weight excluding hydrogens is 594 g/mol. The summed E-state index contributed by atoms with van der Waals surface area (Å²) in [5.74, 6) is -0.0588. The van der Waals surface area contributed by atoms with Crippen molar-refractivity contribution in [1.29, 1.82) is 0 Å². The zero-order chi connectivity index (χ0) is 31.5. The van der Waals surface area contributed by atoms with Crippen molar-refractivity contribution in [2.75, 3.05) is 26.0 Å². The number of alkyl halides is 3. The summed E-state index contributed by atoms with van der Waals surface area (Å²) >= 11 is 6.20. The lowest BCUT2D eigenvalue weighted by atomic mass is 9.84. The van der Waals surface area contributed by atoms with Crippen molar-refractivity contribution in [1.82, 2.24) is 4.90 Å². The van der Waals surface area contributed by atoms with E-state index in [9.17, 15) is 31.1 Å². The molecule has 42 heavy (non-hydrogen) atoms. The van der Waals surface area contributed by atoms with E-state index in [2.05, 4.69) is 0 Å². The number of ether oxygens (including phenoxy) is 1. The van der Waals surface area contributed by atoms with Crippen LogP contribution in [-0.4, -0.2) is 44.4 Å². The van der Waals surface area contributed by atoms with Crippen molar-refractivity contribution in [3.05, 3.63) is 93.8 Å². The van der Waals surface area contributed by atoms with Gasteiger partial charge in [-0.1, -0.05) is 55.8 Å². The normalized spacial score (nSPS) is 13.0. The summed E-state index contributed by atoms with van der Waals surface area (Å²) in [6, 6.07) is 14.4. The summed E-state index contributed by atoms with van der Waals surface area (Å²) in [5.41, 5.74) is -1.33. The first-order valence-corrected chi connectivity index (χ1v) is 15.6. The SMILES string of the molecule is CC(C)(O)c1ccc(OCCCN(Cc2cccc(C(F)(F)F)c2Cl)CC(C)(C)c2ccc(F)cc2)cc1S(C)(=O)=O. The lowest BCUT2D eigenvalue weighted by molar-refractivity contribution is -0.137. The van der Waals surface area contributed by atoms with Crippen LogP contribution in [0.2, 0.25) is 5.02 Å². The van der Waals surface area contributed by atoms with Crippen LogP contribution in [0.4, 0.5) is 17.6 Å². The molecule has 0 heterocycles. The fraction of sp³-hybridized carbons (Fsp3) is 0.419. The summed E-state index contributed by atoms with van der Waals surface area (Å²) in [6.45, 7) is 8.08. The van der Waals surface area contributed by atoms with Gasteiger partial charge in [0, 0.05) is 36.9 Å². The number of rotatable bonds is 12. The van der Waals surface area contributed by atoms with Gasteiger partial charge in [-0.2, -0.15) is 13.2 Å². The number of benzene rings is 3. The molecule has 230 valence electrons. The third-order valence-electron chi connectivity index (χ3n) is 6.92. The molecule has 0 bridgehead atoms. The Morgan fingerprint density at radius 3 is 2.17 bits per heavy atom. The first-order chi connectivity index (χ1) is 19.3. The second-order valence-corrected chi connectivity index (χ2v) is 13.9. The van der Waals surface area contributed by atoms with Gasteiger partial charge in [0.15, 0.2) is 9.84 Å². The molecule has 5 nitrogen and oxygen atoms in total. The van der Waals surface area contributed by atoms with E-state index < -0.39 is 32.6 Å². The first-order valence-electron chi connectivity index (χ1n) is 13.3. The van der Waals surface area contributed by atoms with Gasteiger partial charge in [-0.3, -0.25) is 4.90 Å². The number of aliphatic hydroxyl groups is 1. The van der Waals surface area contributed by atoms with Gasteiger partial charge in [0.2, 0.25) is 0 Å². The van der Waals surface area contributed by atoms with Crippen molar-refractivity contribution in [2.45, 2.75) is 62.7 Å². The topological polar surface area (TPSA) is 66.8 Å².